The maximum atomic E-state index is 13.7. The van der Waals surface area contributed by atoms with Crippen molar-refractivity contribution in [1.29, 1.82) is 0 Å². The quantitative estimate of drug-likeness (QED) is 0.238. The van der Waals surface area contributed by atoms with E-state index in [-0.39, 0.29) is 6.09 Å². The van der Waals surface area contributed by atoms with Crippen molar-refractivity contribution in [2.75, 3.05) is 20.2 Å². The number of aromatic nitrogens is 2. The van der Waals surface area contributed by atoms with Crippen molar-refractivity contribution in [3.63, 3.8) is 0 Å². The first kappa shape index (κ1) is 29.9. The number of rotatable bonds is 5. The molecule has 1 amide bonds. The van der Waals surface area contributed by atoms with Crippen LogP contribution in [0.1, 0.15) is 59.2 Å². The number of carbonyl (C=O) groups excluding carboxylic acids is 2. The van der Waals surface area contributed by atoms with Crippen molar-refractivity contribution in [3.8, 4) is 11.5 Å². The number of ether oxygens (including phenoxy) is 4. The van der Waals surface area contributed by atoms with E-state index in [4.69, 9.17) is 23.9 Å². The summed E-state index contributed by atoms with van der Waals surface area (Å²) in [5.41, 5.74) is 2.74. The first-order valence-corrected chi connectivity index (χ1v) is 14.4. The number of benzene rings is 2. The van der Waals surface area contributed by atoms with Gasteiger partial charge in [-0.05, 0) is 71.2 Å². The summed E-state index contributed by atoms with van der Waals surface area (Å²) in [6.07, 6.45) is 3.43. The largest absolute Gasteiger partial charge is 0.493 e. The third kappa shape index (κ3) is 6.61. The minimum atomic E-state index is -0.702. The van der Waals surface area contributed by atoms with Gasteiger partial charge in [-0.1, -0.05) is 36.4 Å². The van der Waals surface area contributed by atoms with Crippen LogP contribution in [0.5, 0.6) is 11.5 Å². The molecule has 0 saturated heterocycles. The third-order valence-corrected chi connectivity index (χ3v) is 6.94. The predicted octanol–water partition coefficient (Wildman–Crippen LogP) is 7.58. The molecule has 0 fully saturated rings. The van der Waals surface area contributed by atoms with Gasteiger partial charge in [-0.3, -0.25) is 4.98 Å². The molecule has 3 heterocycles. The maximum absolute atomic E-state index is 13.7. The van der Waals surface area contributed by atoms with E-state index < -0.39 is 17.3 Å². The number of amides is 1. The van der Waals surface area contributed by atoms with E-state index in [1.165, 1.54) is 0 Å². The van der Waals surface area contributed by atoms with E-state index in [1.54, 1.807) is 22.8 Å². The van der Waals surface area contributed by atoms with Crippen LogP contribution in [-0.4, -0.2) is 58.0 Å². The Morgan fingerprint density at radius 2 is 1.58 bits per heavy atom. The van der Waals surface area contributed by atoms with Crippen LogP contribution in [0.25, 0.3) is 27.4 Å². The molecule has 0 unspecified atom stereocenters. The molecule has 1 aliphatic rings. The van der Waals surface area contributed by atoms with E-state index in [0.717, 1.165) is 27.6 Å². The fourth-order valence-electron chi connectivity index (χ4n) is 5.10. The average molecular weight is 586 g/mol. The lowest BCUT2D eigenvalue weighted by Gasteiger charge is -2.29. The molecular weight excluding hydrogens is 546 g/mol. The number of carbonyl (C=O) groups is 2. The van der Waals surface area contributed by atoms with E-state index in [2.05, 4.69) is 0 Å². The lowest BCUT2D eigenvalue weighted by molar-refractivity contribution is 0.0270. The minimum absolute atomic E-state index is 0.337. The second-order valence-corrected chi connectivity index (χ2v) is 12.6. The molecule has 2 aromatic carbocycles. The van der Waals surface area contributed by atoms with Gasteiger partial charge in [0.2, 0.25) is 0 Å². The summed E-state index contributed by atoms with van der Waals surface area (Å²) in [6.45, 7) is 12.3. The van der Waals surface area contributed by atoms with Crippen molar-refractivity contribution in [2.24, 2.45) is 0 Å². The van der Waals surface area contributed by atoms with E-state index in [0.29, 0.717) is 48.6 Å². The molecule has 0 atom stereocenters. The van der Waals surface area contributed by atoms with E-state index >= 15 is 0 Å². The molecule has 0 saturated carbocycles. The van der Waals surface area contributed by atoms with Crippen molar-refractivity contribution in [3.05, 3.63) is 72.1 Å². The second kappa shape index (κ2) is 11.6. The molecule has 4 aromatic rings. The van der Waals surface area contributed by atoms with Crippen LogP contribution >= 0.6 is 0 Å². The first-order valence-electron chi connectivity index (χ1n) is 14.4. The number of hydrogen-bond acceptors (Lipinski definition) is 7. The summed E-state index contributed by atoms with van der Waals surface area (Å²) in [5.74, 6) is 1.04. The normalized spacial score (nSPS) is 14.0. The van der Waals surface area contributed by atoms with Gasteiger partial charge in [-0.25, -0.2) is 14.2 Å². The molecule has 0 N–H and O–H groups in total. The summed E-state index contributed by atoms with van der Waals surface area (Å²) >= 11 is 0. The molecule has 2 aromatic heterocycles. The highest BCUT2D eigenvalue weighted by Gasteiger charge is 2.28. The second-order valence-electron chi connectivity index (χ2n) is 12.6. The molecule has 43 heavy (non-hydrogen) atoms. The molecule has 9 nitrogen and oxygen atoms in total. The lowest BCUT2D eigenvalue weighted by atomic mass is 10.00. The zero-order chi connectivity index (χ0) is 30.9. The van der Waals surface area contributed by atoms with Crippen molar-refractivity contribution in [1.82, 2.24) is 14.5 Å². The lowest BCUT2D eigenvalue weighted by Crippen LogP contribution is -2.39. The van der Waals surface area contributed by atoms with E-state index in [1.807, 2.05) is 96.1 Å². The average Bonchev–Trinajstić information content (AvgIpc) is 3.28. The molecule has 0 radical (unpaired) electrons. The van der Waals surface area contributed by atoms with Crippen LogP contribution in [0.15, 0.2) is 60.8 Å². The number of methoxy groups -OCH3 is 1. The first-order chi connectivity index (χ1) is 20.3. The number of nitrogens with zero attached hydrogens (tertiary/aromatic N) is 3. The smallest absolute Gasteiger partial charge is 0.419 e. The highest BCUT2D eigenvalue weighted by molar-refractivity contribution is 6.16. The van der Waals surface area contributed by atoms with Gasteiger partial charge >= 0.3 is 12.2 Å². The van der Waals surface area contributed by atoms with Crippen LogP contribution in [0.3, 0.4) is 0 Å². The summed E-state index contributed by atoms with van der Waals surface area (Å²) in [6, 6.07) is 15.4. The fraction of sp³-hybridized carbons (Fsp3) is 0.382. The van der Waals surface area contributed by atoms with Gasteiger partial charge in [0.05, 0.1) is 23.8 Å². The van der Waals surface area contributed by atoms with Gasteiger partial charge in [0, 0.05) is 36.1 Å². The highest BCUT2D eigenvalue weighted by atomic mass is 16.6. The Bertz CT molecular complexity index is 1690. The van der Waals surface area contributed by atoms with Crippen molar-refractivity contribution in [2.45, 2.75) is 65.8 Å². The fourth-order valence-corrected chi connectivity index (χ4v) is 5.10. The Hall–Kier alpha value is -4.53. The van der Waals surface area contributed by atoms with Gasteiger partial charge in [0.1, 0.15) is 17.8 Å². The summed E-state index contributed by atoms with van der Waals surface area (Å²) in [4.78, 5) is 32.8. The predicted molar refractivity (Wildman–Crippen MR) is 167 cm³/mol. The zero-order valence-electron chi connectivity index (χ0n) is 25.9. The van der Waals surface area contributed by atoms with Crippen LogP contribution < -0.4 is 9.47 Å². The molecule has 9 heteroatoms. The molecule has 1 aliphatic heterocycles. The SMILES string of the molecule is COc1cc2c3c(C4=CCN(C(=O)OC(C)(C)C)CC4)nccc3n(C(=O)OC(C)(C)C)c2cc1OCc1ccccc1. The highest BCUT2D eigenvalue weighted by Crippen LogP contribution is 2.41. The van der Waals surface area contributed by atoms with Crippen LogP contribution in [0.4, 0.5) is 9.59 Å². The molecule has 5 rings (SSSR count). The maximum Gasteiger partial charge on any atom is 0.419 e. The van der Waals surface area contributed by atoms with Gasteiger partial charge in [0.15, 0.2) is 11.5 Å². The van der Waals surface area contributed by atoms with Crippen molar-refractivity contribution < 1.29 is 28.5 Å². The number of hydrogen-bond donors (Lipinski definition) is 0. The Balaban J connectivity index is 1.62. The molecular formula is C34H39N3O6. The van der Waals surface area contributed by atoms with Crippen LogP contribution in [0.2, 0.25) is 0 Å². The van der Waals surface area contributed by atoms with Crippen LogP contribution in [-0.2, 0) is 16.1 Å². The van der Waals surface area contributed by atoms with Gasteiger partial charge in [0.25, 0.3) is 0 Å². The Labute approximate surface area is 252 Å². The molecule has 0 bridgehead atoms. The summed E-state index contributed by atoms with van der Waals surface area (Å²) in [7, 11) is 1.59. The monoisotopic (exact) mass is 585 g/mol. The standard InChI is InChI=1S/C34H39N3O6/c1-33(2,3)42-31(38)36-17-14-23(15-18-36)30-29-24-19-27(40-7)28(41-21-22-11-9-8-10-12-22)20-26(24)37(25(29)13-16-35-30)32(39)43-34(4,5)6/h8-14,16,19-20H,15,17-18,21H2,1-7H3. The number of pyridine rings is 1. The summed E-state index contributed by atoms with van der Waals surface area (Å²) < 4.78 is 25.0. The van der Waals surface area contributed by atoms with Gasteiger partial charge < -0.3 is 23.8 Å². The Morgan fingerprint density at radius 3 is 2.21 bits per heavy atom. The third-order valence-electron chi connectivity index (χ3n) is 6.94. The Morgan fingerprint density at radius 1 is 0.884 bits per heavy atom. The minimum Gasteiger partial charge on any atom is -0.493 e. The van der Waals surface area contributed by atoms with Crippen molar-refractivity contribution >= 4 is 39.6 Å². The topological polar surface area (TPSA) is 92.1 Å². The van der Waals surface area contributed by atoms with Crippen LogP contribution in [0, 0.1) is 0 Å². The summed E-state index contributed by atoms with van der Waals surface area (Å²) in [5, 5.41) is 1.58. The molecule has 0 aliphatic carbocycles. The van der Waals surface area contributed by atoms with E-state index in [9.17, 15) is 9.59 Å². The van der Waals surface area contributed by atoms with Gasteiger partial charge in [-0.2, -0.15) is 0 Å². The Kier molecular flexibility index (Phi) is 8.10. The molecule has 226 valence electrons. The number of fused-ring (bicyclic) bond motifs is 3. The van der Waals surface area contributed by atoms with Gasteiger partial charge in [-0.15, -0.1) is 0 Å². The zero-order valence-corrected chi connectivity index (χ0v) is 25.9. The molecule has 0 spiro atoms.